The van der Waals surface area contributed by atoms with E-state index in [9.17, 15) is 18.0 Å². The molecule has 0 spiro atoms. The van der Waals surface area contributed by atoms with Gasteiger partial charge in [-0.2, -0.15) is 0 Å². The van der Waals surface area contributed by atoms with E-state index < -0.39 is 29.0 Å². The highest BCUT2D eigenvalue weighted by atomic mass is 19.1. The summed E-state index contributed by atoms with van der Waals surface area (Å²) >= 11 is 0. The van der Waals surface area contributed by atoms with E-state index in [4.69, 9.17) is 5.11 Å². The van der Waals surface area contributed by atoms with Gasteiger partial charge in [-0.1, -0.05) is 6.07 Å². The summed E-state index contributed by atoms with van der Waals surface area (Å²) < 4.78 is 40.9. The summed E-state index contributed by atoms with van der Waals surface area (Å²) in [6.07, 6.45) is 0. The molecule has 2 nitrogen and oxygen atoms in total. The van der Waals surface area contributed by atoms with Crippen LogP contribution in [0.15, 0.2) is 30.3 Å². The number of hydrogen-bond acceptors (Lipinski definition) is 1. The minimum atomic E-state index is -1.37. The number of carboxylic acid groups (broad SMARTS) is 1. The fourth-order valence-corrected chi connectivity index (χ4v) is 1.78. The number of carbonyl (C=O) groups is 1. The maximum absolute atomic E-state index is 13.9. The topological polar surface area (TPSA) is 37.3 Å². The van der Waals surface area contributed by atoms with Gasteiger partial charge in [0.05, 0.1) is 11.1 Å². The number of carboxylic acids is 1. The van der Waals surface area contributed by atoms with Crippen LogP contribution in [0.1, 0.15) is 15.9 Å². The third kappa shape index (κ3) is 2.45. The second-order valence-corrected chi connectivity index (χ2v) is 4.09. The Hall–Kier alpha value is -2.30. The maximum Gasteiger partial charge on any atom is 0.335 e. The molecule has 0 heterocycles. The Morgan fingerprint density at radius 2 is 1.79 bits per heavy atom. The van der Waals surface area contributed by atoms with Crippen LogP contribution in [0, 0.1) is 24.4 Å². The lowest BCUT2D eigenvalue weighted by atomic mass is 9.99. The van der Waals surface area contributed by atoms with E-state index in [1.165, 1.54) is 13.0 Å². The SMILES string of the molecule is Cc1ccc(F)c(-c2cc(F)cc(C(=O)O)c2)c1F. The molecule has 1 N–H and O–H groups in total. The number of aromatic carboxylic acids is 1. The van der Waals surface area contributed by atoms with Crippen LogP contribution < -0.4 is 0 Å². The molecule has 0 radical (unpaired) electrons. The van der Waals surface area contributed by atoms with Gasteiger partial charge in [0, 0.05) is 0 Å². The Labute approximate surface area is 107 Å². The molecule has 0 aliphatic carbocycles. The fourth-order valence-electron chi connectivity index (χ4n) is 1.78. The molecule has 0 aromatic heterocycles. The number of hydrogen-bond donors (Lipinski definition) is 1. The summed E-state index contributed by atoms with van der Waals surface area (Å²) in [6, 6.07) is 5.03. The predicted octanol–water partition coefficient (Wildman–Crippen LogP) is 3.78. The highest BCUT2D eigenvalue weighted by molar-refractivity contribution is 5.89. The van der Waals surface area contributed by atoms with Crippen molar-refractivity contribution in [1.29, 1.82) is 0 Å². The quantitative estimate of drug-likeness (QED) is 0.898. The van der Waals surface area contributed by atoms with E-state index in [2.05, 4.69) is 0 Å². The highest BCUT2D eigenvalue weighted by Crippen LogP contribution is 2.29. The van der Waals surface area contributed by atoms with E-state index in [1.54, 1.807) is 0 Å². The normalized spacial score (nSPS) is 10.5. The average molecular weight is 266 g/mol. The van der Waals surface area contributed by atoms with Crippen LogP contribution in [-0.2, 0) is 0 Å². The maximum atomic E-state index is 13.9. The summed E-state index contributed by atoms with van der Waals surface area (Å²) in [7, 11) is 0. The summed E-state index contributed by atoms with van der Waals surface area (Å²) in [5.74, 6) is -3.93. The Kier molecular flexibility index (Phi) is 3.29. The smallest absolute Gasteiger partial charge is 0.335 e. The lowest BCUT2D eigenvalue weighted by Gasteiger charge is -2.08. The first-order chi connectivity index (χ1) is 8.90. The zero-order valence-corrected chi connectivity index (χ0v) is 9.88. The Bertz CT molecular complexity index is 666. The third-order valence-corrected chi connectivity index (χ3v) is 2.72. The van der Waals surface area contributed by atoms with Crippen molar-refractivity contribution in [3.05, 3.63) is 58.9 Å². The van der Waals surface area contributed by atoms with E-state index in [1.807, 2.05) is 0 Å². The molecule has 0 amide bonds. The van der Waals surface area contributed by atoms with Gasteiger partial charge in [0.1, 0.15) is 17.5 Å². The standard InChI is InChI=1S/C14H9F3O2/c1-7-2-3-11(16)12(13(7)17)8-4-9(14(18)19)6-10(15)5-8/h2-6H,1H3,(H,18,19). The Balaban J connectivity index is 2.72. The molecule has 5 heteroatoms. The fraction of sp³-hybridized carbons (Fsp3) is 0.0714. The van der Waals surface area contributed by atoms with Crippen molar-refractivity contribution in [1.82, 2.24) is 0 Å². The molecular formula is C14H9F3O2. The molecule has 98 valence electrons. The molecule has 0 aliphatic heterocycles. The van der Waals surface area contributed by atoms with Gasteiger partial charge in [-0.05, 0) is 42.3 Å². The lowest BCUT2D eigenvalue weighted by molar-refractivity contribution is 0.0696. The number of benzene rings is 2. The first-order valence-electron chi connectivity index (χ1n) is 5.39. The number of aryl methyl sites for hydroxylation is 1. The molecule has 0 atom stereocenters. The molecule has 0 bridgehead atoms. The molecular weight excluding hydrogens is 257 g/mol. The zero-order chi connectivity index (χ0) is 14.2. The van der Waals surface area contributed by atoms with Gasteiger partial charge in [-0.15, -0.1) is 0 Å². The van der Waals surface area contributed by atoms with Gasteiger partial charge < -0.3 is 5.11 Å². The molecule has 0 aliphatic rings. The van der Waals surface area contributed by atoms with Crippen molar-refractivity contribution in [2.24, 2.45) is 0 Å². The van der Waals surface area contributed by atoms with Crippen LogP contribution in [0.3, 0.4) is 0 Å². The Morgan fingerprint density at radius 3 is 2.42 bits per heavy atom. The van der Waals surface area contributed by atoms with Crippen molar-refractivity contribution in [3.8, 4) is 11.1 Å². The molecule has 0 unspecified atom stereocenters. The summed E-state index contributed by atoms with van der Waals surface area (Å²) in [5, 5.41) is 8.82. The molecule has 0 fully saturated rings. The minimum Gasteiger partial charge on any atom is -0.478 e. The first-order valence-corrected chi connectivity index (χ1v) is 5.39. The van der Waals surface area contributed by atoms with Gasteiger partial charge in [-0.25, -0.2) is 18.0 Å². The molecule has 2 aromatic rings. The van der Waals surface area contributed by atoms with Crippen molar-refractivity contribution in [2.45, 2.75) is 6.92 Å². The van der Waals surface area contributed by atoms with E-state index in [0.29, 0.717) is 0 Å². The molecule has 0 saturated heterocycles. The second kappa shape index (κ2) is 4.76. The van der Waals surface area contributed by atoms with E-state index in [-0.39, 0.29) is 16.7 Å². The van der Waals surface area contributed by atoms with Gasteiger partial charge in [-0.3, -0.25) is 0 Å². The van der Waals surface area contributed by atoms with Gasteiger partial charge in [0.15, 0.2) is 0 Å². The van der Waals surface area contributed by atoms with Crippen LogP contribution in [0.5, 0.6) is 0 Å². The molecule has 2 rings (SSSR count). The number of rotatable bonds is 2. The Morgan fingerprint density at radius 1 is 1.11 bits per heavy atom. The van der Waals surface area contributed by atoms with Crippen LogP contribution >= 0.6 is 0 Å². The summed E-state index contributed by atoms with van der Waals surface area (Å²) in [4.78, 5) is 10.8. The van der Waals surface area contributed by atoms with Crippen LogP contribution in [0.2, 0.25) is 0 Å². The monoisotopic (exact) mass is 266 g/mol. The molecule has 19 heavy (non-hydrogen) atoms. The average Bonchev–Trinajstić information content (AvgIpc) is 2.34. The van der Waals surface area contributed by atoms with Gasteiger partial charge >= 0.3 is 5.97 Å². The minimum absolute atomic E-state index is 0.142. The molecule has 2 aromatic carbocycles. The third-order valence-electron chi connectivity index (χ3n) is 2.72. The van der Waals surface area contributed by atoms with Crippen molar-refractivity contribution in [3.63, 3.8) is 0 Å². The van der Waals surface area contributed by atoms with Crippen molar-refractivity contribution < 1.29 is 23.1 Å². The molecule has 0 saturated carbocycles. The second-order valence-electron chi connectivity index (χ2n) is 4.09. The van der Waals surface area contributed by atoms with Crippen molar-refractivity contribution >= 4 is 5.97 Å². The van der Waals surface area contributed by atoms with Crippen LogP contribution in [0.4, 0.5) is 13.2 Å². The largest absolute Gasteiger partial charge is 0.478 e. The van der Waals surface area contributed by atoms with Crippen LogP contribution in [0.25, 0.3) is 11.1 Å². The summed E-state index contributed by atoms with van der Waals surface area (Å²) in [6.45, 7) is 1.44. The van der Waals surface area contributed by atoms with E-state index >= 15 is 0 Å². The predicted molar refractivity (Wildman–Crippen MR) is 63.4 cm³/mol. The summed E-state index contributed by atoms with van der Waals surface area (Å²) in [5.41, 5.74) is -0.744. The van der Waals surface area contributed by atoms with E-state index in [0.717, 1.165) is 24.3 Å². The first kappa shape index (κ1) is 13.1. The van der Waals surface area contributed by atoms with Gasteiger partial charge in [0.25, 0.3) is 0 Å². The highest BCUT2D eigenvalue weighted by Gasteiger charge is 2.16. The van der Waals surface area contributed by atoms with Gasteiger partial charge in [0.2, 0.25) is 0 Å². The van der Waals surface area contributed by atoms with Crippen molar-refractivity contribution in [2.75, 3.05) is 0 Å². The number of halogens is 3. The zero-order valence-electron chi connectivity index (χ0n) is 9.88. The van der Waals surface area contributed by atoms with Crippen LogP contribution in [-0.4, -0.2) is 11.1 Å². The lowest BCUT2D eigenvalue weighted by Crippen LogP contribution is -2.00.